The van der Waals surface area contributed by atoms with Crippen molar-refractivity contribution >= 4 is 0 Å². The molecule has 60 valence electrons. The number of aryl methyl sites for hydroxylation is 1. The number of benzene rings is 1. The molecule has 0 unspecified atom stereocenters. The van der Waals surface area contributed by atoms with Gasteiger partial charge in [-0.1, -0.05) is 29.8 Å². The lowest BCUT2D eigenvalue weighted by atomic mass is 10.1. The zero-order valence-corrected chi connectivity index (χ0v) is 7.13. The lowest BCUT2D eigenvalue weighted by Gasteiger charge is -2.01. The fraction of sp³-hybridized carbons (Fsp3) is 0.400. The molecule has 0 saturated carbocycles. The molecule has 0 fully saturated rings. The van der Waals surface area contributed by atoms with Gasteiger partial charge < -0.3 is 4.74 Å². The van der Waals surface area contributed by atoms with E-state index in [4.69, 9.17) is 4.74 Å². The van der Waals surface area contributed by atoms with Gasteiger partial charge in [0.25, 0.3) is 0 Å². The number of hydrogen-bond acceptors (Lipinski definition) is 1. The Labute approximate surface area is 68.0 Å². The number of hydrogen-bond donors (Lipinski definition) is 0. The number of ether oxygens (including phenoxy) is 1. The summed E-state index contributed by atoms with van der Waals surface area (Å²) in [5.74, 6) is 0. The maximum atomic E-state index is 5.27. The zero-order chi connectivity index (χ0) is 8.10. The molecule has 0 aromatic heterocycles. The average molecular weight is 150 g/mol. The Morgan fingerprint density at radius 3 is 2.82 bits per heavy atom. The first-order valence-corrected chi connectivity index (χ1v) is 3.96. The molecule has 0 amide bonds. The van der Waals surface area contributed by atoms with E-state index in [9.17, 15) is 0 Å². The lowest BCUT2D eigenvalue weighted by Crippen LogP contribution is -1.91. The Bertz CT molecular complexity index is 218. The van der Waals surface area contributed by atoms with Gasteiger partial charge in [-0.3, -0.25) is 0 Å². The first-order valence-electron chi connectivity index (χ1n) is 3.96. The molecule has 1 heteroatoms. The second kappa shape index (κ2) is 4.14. The molecule has 0 spiro atoms. The molecule has 1 nitrogen and oxygen atoms in total. The minimum absolute atomic E-state index is 0.734. The quantitative estimate of drug-likeness (QED) is 0.643. The van der Waals surface area contributed by atoms with Crippen molar-refractivity contribution in [1.82, 2.24) is 0 Å². The van der Waals surface area contributed by atoms with Crippen molar-refractivity contribution in [2.75, 3.05) is 6.61 Å². The predicted molar refractivity (Wildman–Crippen MR) is 46.5 cm³/mol. The fourth-order valence-electron chi connectivity index (χ4n) is 1.02. The first-order chi connectivity index (χ1) is 5.33. The fourth-order valence-corrected chi connectivity index (χ4v) is 1.02. The van der Waals surface area contributed by atoms with Gasteiger partial charge >= 0.3 is 0 Å². The van der Waals surface area contributed by atoms with E-state index in [1.165, 1.54) is 11.1 Å². The van der Waals surface area contributed by atoms with Gasteiger partial charge in [0.05, 0.1) is 6.61 Å². The van der Waals surface area contributed by atoms with Crippen LogP contribution in [-0.2, 0) is 11.3 Å². The van der Waals surface area contributed by atoms with Crippen LogP contribution in [0.15, 0.2) is 24.3 Å². The molecule has 0 aliphatic carbocycles. The largest absolute Gasteiger partial charge is 0.377 e. The summed E-state index contributed by atoms with van der Waals surface area (Å²) < 4.78 is 5.27. The summed E-state index contributed by atoms with van der Waals surface area (Å²) in [5.41, 5.74) is 2.55. The van der Waals surface area contributed by atoms with Gasteiger partial charge in [0.2, 0.25) is 0 Å². The molecule has 0 saturated heterocycles. The van der Waals surface area contributed by atoms with Crippen LogP contribution in [0.2, 0.25) is 0 Å². The minimum atomic E-state index is 0.734. The molecule has 0 N–H and O–H groups in total. The summed E-state index contributed by atoms with van der Waals surface area (Å²) in [6.45, 7) is 5.62. The Hall–Kier alpha value is -0.820. The second-order valence-corrected chi connectivity index (χ2v) is 2.63. The molecular weight excluding hydrogens is 136 g/mol. The molecule has 0 heterocycles. The van der Waals surface area contributed by atoms with E-state index in [2.05, 4.69) is 31.2 Å². The highest BCUT2D eigenvalue weighted by Gasteiger charge is 1.90. The van der Waals surface area contributed by atoms with E-state index in [1.54, 1.807) is 0 Å². The summed E-state index contributed by atoms with van der Waals surface area (Å²) in [6, 6.07) is 8.39. The highest BCUT2D eigenvalue weighted by Crippen LogP contribution is 2.04. The van der Waals surface area contributed by atoms with Crippen molar-refractivity contribution in [3.05, 3.63) is 35.4 Å². The molecular formula is C10H14O. The third-order valence-corrected chi connectivity index (χ3v) is 1.56. The van der Waals surface area contributed by atoms with Crippen molar-refractivity contribution < 1.29 is 4.74 Å². The molecule has 1 aromatic rings. The maximum absolute atomic E-state index is 5.27. The molecule has 0 atom stereocenters. The Morgan fingerprint density at radius 2 is 2.18 bits per heavy atom. The van der Waals surface area contributed by atoms with Crippen LogP contribution in [-0.4, -0.2) is 6.61 Å². The van der Waals surface area contributed by atoms with Crippen LogP contribution in [0.1, 0.15) is 18.1 Å². The normalized spacial score (nSPS) is 10.0. The molecule has 1 rings (SSSR count). The van der Waals surface area contributed by atoms with Crippen LogP contribution in [0.25, 0.3) is 0 Å². The zero-order valence-electron chi connectivity index (χ0n) is 7.13. The summed E-state index contributed by atoms with van der Waals surface area (Å²) in [6.07, 6.45) is 0. The third-order valence-electron chi connectivity index (χ3n) is 1.56. The summed E-state index contributed by atoms with van der Waals surface area (Å²) in [4.78, 5) is 0. The highest BCUT2D eigenvalue weighted by atomic mass is 16.5. The molecule has 0 radical (unpaired) electrons. The van der Waals surface area contributed by atoms with Crippen LogP contribution >= 0.6 is 0 Å². The first kappa shape index (κ1) is 8.28. The Morgan fingerprint density at radius 1 is 1.36 bits per heavy atom. The molecule has 0 aliphatic rings. The van der Waals surface area contributed by atoms with Crippen molar-refractivity contribution in [2.45, 2.75) is 20.5 Å². The van der Waals surface area contributed by atoms with Gasteiger partial charge in [0, 0.05) is 6.61 Å². The smallest absolute Gasteiger partial charge is 0.0716 e. The van der Waals surface area contributed by atoms with Crippen LogP contribution in [0, 0.1) is 6.92 Å². The lowest BCUT2D eigenvalue weighted by molar-refractivity contribution is 0.134. The Balaban J connectivity index is 2.56. The number of rotatable bonds is 3. The van der Waals surface area contributed by atoms with Gasteiger partial charge in [-0.05, 0) is 19.4 Å². The average Bonchev–Trinajstić information content (AvgIpc) is 2.01. The molecule has 0 aliphatic heterocycles. The monoisotopic (exact) mass is 150 g/mol. The van der Waals surface area contributed by atoms with Crippen molar-refractivity contribution in [3.63, 3.8) is 0 Å². The van der Waals surface area contributed by atoms with E-state index in [0.29, 0.717) is 0 Å². The van der Waals surface area contributed by atoms with Gasteiger partial charge in [0.15, 0.2) is 0 Å². The van der Waals surface area contributed by atoms with Crippen molar-refractivity contribution in [1.29, 1.82) is 0 Å². The van der Waals surface area contributed by atoms with E-state index >= 15 is 0 Å². The standard InChI is InChI=1S/C10H14O/c1-3-11-8-10-6-4-5-9(2)7-10/h4-7H,3,8H2,1-2H3. The molecule has 1 aromatic carbocycles. The second-order valence-electron chi connectivity index (χ2n) is 2.63. The van der Waals surface area contributed by atoms with E-state index in [0.717, 1.165) is 13.2 Å². The Kier molecular flexibility index (Phi) is 3.12. The third kappa shape index (κ3) is 2.72. The minimum Gasteiger partial charge on any atom is -0.377 e. The van der Waals surface area contributed by atoms with Crippen molar-refractivity contribution in [2.24, 2.45) is 0 Å². The van der Waals surface area contributed by atoms with Crippen LogP contribution in [0.3, 0.4) is 0 Å². The van der Waals surface area contributed by atoms with Gasteiger partial charge in [-0.25, -0.2) is 0 Å². The summed E-state index contributed by atoms with van der Waals surface area (Å²) in [7, 11) is 0. The topological polar surface area (TPSA) is 9.23 Å². The summed E-state index contributed by atoms with van der Waals surface area (Å²) >= 11 is 0. The van der Waals surface area contributed by atoms with E-state index in [1.807, 2.05) is 6.92 Å². The van der Waals surface area contributed by atoms with Crippen molar-refractivity contribution in [3.8, 4) is 0 Å². The molecule has 0 bridgehead atoms. The van der Waals surface area contributed by atoms with Gasteiger partial charge in [-0.2, -0.15) is 0 Å². The van der Waals surface area contributed by atoms with Crippen LogP contribution in [0.5, 0.6) is 0 Å². The SMILES string of the molecule is CCOCc1cccc(C)c1. The van der Waals surface area contributed by atoms with E-state index in [-0.39, 0.29) is 0 Å². The maximum Gasteiger partial charge on any atom is 0.0716 e. The highest BCUT2D eigenvalue weighted by molar-refractivity contribution is 5.21. The predicted octanol–water partition coefficient (Wildman–Crippen LogP) is 2.53. The van der Waals surface area contributed by atoms with Gasteiger partial charge in [-0.15, -0.1) is 0 Å². The van der Waals surface area contributed by atoms with Crippen LogP contribution < -0.4 is 0 Å². The molecule has 11 heavy (non-hydrogen) atoms. The van der Waals surface area contributed by atoms with Crippen LogP contribution in [0.4, 0.5) is 0 Å². The summed E-state index contributed by atoms with van der Waals surface area (Å²) in [5, 5.41) is 0. The van der Waals surface area contributed by atoms with E-state index < -0.39 is 0 Å². The van der Waals surface area contributed by atoms with Gasteiger partial charge in [0.1, 0.15) is 0 Å².